The van der Waals surface area contributed by atoms with Gasteiger partial charge in [-0.2, -0.15) is 65.9 Å². The van der Waals surface area contributed by atoms with E-state index in [1.807, 2.05) is 0 Å². The SMILES string of the molecule is O=C([N-]S(=O)(=O)C(F)(F)C(F)(F)C(F)(F)C(F)(F)F)C(F)(C(F)(F)F)C(F)(F)F.[Na+]. The zero-order valence-corrected chi connectivity index (χ0v) is 15.9. The fourth-order valence-electron chi connectivity index (χ4n) is 1.16. The molecular formula is C8F16NNaO3S. The van der Waals surface area contributed by atoms with Gasteiger partial charge in [0.1, 0.15) is 5.91 Å². The number of amides is 1. The number of hydrogen-bond acceptors (Lipinski definition) is 3. The molecule has 0 aliphatic heterocycles. The summed E-state index contributed by atoms with van der Waals surface area (Å²) in [5.41, 5.74) is -7.43. The number of carbonyl (C=O) groups excluding carboxylic acids is 1. The number of nitrogens with zero attached hydrogens (tertiary/aromatic N) is 1. The van der Waals surface area contributed by atoms with Crippen LogP contribution in [0.5, 0.6) is 0 Å². The predicted octanol–water partition coefficient (Wildman–Crippen LogP) is 1.48. The van der Waals surface area contributed by atoms with E-state index in [-0.39, 0.29) is 34.3 Å². The van der Waals surface area contributed by atoms with Crippen molar-refractivity contribution in [3.05, 3.63) is 4.72 Å². The van der Waals surface area contributed by atoms with Gasteiger partial charge in [-0.3, -0.25) is 0 Å². The molecule has 0 aromatic rings. The molecule has 0 aromatic heterocycles. The summed E-state index contributed by atoms with van der Waals surface area (Å²) < 4.78 is 220. The molecule has 0 fully saturated rings. The Morgan fingerprint density at radius 3 is 1.10 bits per heavy atom. The Hall–Kier alpha value is -0.700. The fourth-order valence-corrected chi connectivity index (χ4v) is 2.07. The molecule has 0 radical (unpaired) electrons. The Morgan fingerprint density at radius 1 is 0.567 bits per heavy atom. The second-order valence-electron chi connectivity index (χ2n) is 4.69. The molecule has 174 valence electrons. The maximum absolute atomic E-state index is 13.1. The predicted molar refractivity (Wildman–Crippen MR) is 54.1 cm³/mol. The van der Waals surface area contributed by atoms with Crippen LogP contribution in [0.4, 0.5) is 70.2 Å². The van der Waals surface area contributed by atoms with Crippen LogP contribution >= 0.6 is 0 Å². The molecule has 0 heterocycles. The molecule has 30 heavy (non-hydrogen) atoms. The van der Waals surface area contributed by atoms with Gasteiger partial charge in [0.2, 0.25) is 0 Å². The van der Waals surface area contributed by atoms with Gasteiger partial charge in [-0.15, -0.1) is 0 Å². The average molecular weight is 517 g/mol. The van der Waals surface area contributed by atoms with E-state index in [0.29, 0.717) is 0 Å². The molecule has 0 N–H and O–H groups in total. The van der Waals surface area contributed by atoms with Gasteiger partial charge >= 0.3 is 70.9 Å². The fraction of sp³-hybridized carbons (Fsp3) is 0.875. The molecule has 0 rings (SSSR count). The van der Waals surface area contributed by atoms with Gasteiger partial charge in [-0.1, -0.05) is 0 Å². The van der Waals surface area contributed by atoms with E-state index in [2.05, 4.69) is 0 Å². The van der Waals surface area contributed by atoms with Crippen LogP contribution in [0, 0.1) is 0 Å². The summed E-state index contributed by atoms with van der Waals surface area (Å²) in [4.78, 5) is 10.6. The van der Waals surface area contributed by atoms with E-state index < -0.39 is 57.2 Å². The van der Waals surface area contributed by atoms with Crippen LogP contribution in [0.3, 0.4) is 0 Å². The third-order valence-corrected chi connectivity index (χ3v) is 4.03. The first kappa shape index (κ1) is 31.5. The number of alkyl halides is 16. The zero-order valence-electron chi connectivity index (χ0n) is 13.1. The van der Waals surface area contributed by atoms with Crippen molar-refractivity contribution in [2.75, 3.05) is 0 Å². The monoisotopic (exact) mass is 517 g/mol. The number of sulfonamides is 1. The van der Waals surface area contributed by atoms with Crippen molar-refractivity contribution < 1.29 is 113 Å². The number of rotatable bonds is 5. The smallest absolute Gasteiger partial charge is 0.537 e. The molecule has 0 aromatic carbocycles. The molecule has 0 saturated carbocycles. The van der Waals surface area contributed by atoms with Crippen molar-refractivity contribution in [1.82, 2.24) is 0 Å². The maximum atomic E-state index is 13.1. The van der Waals surface area contributed by atoms with Crippen molar-refractivity contribution in [3.8, 4) is 0 Å². The van der Waals surface area contributed by atoms with Crippen LogP contribution in [0.15, 0.2) is 0 Å². The molecule has 0 spiro atoms. The summed E-state index contributed by atoms with van der Waals surface area (Å²) in [5, 5.41) is -7.94. The summed E-state index contributed by atoms with van der Waals surface area (Å²) in [7, 11) is -8.39. The van der Waals surface area contributed by atoms with Crippen LogP contribution in [-0.2, 0) is 14.8 Å². The minimum atomic E-state index is -8.39. The van der Waals surface area contributed by atoms with Gasteiger partial charge in [0.05, 0.1) is 0 Å². The topological polar surface area (TPSA) is 65.3 Å². The van der Waals surface area contributed by atoms with Crippen molar-refractivity contribution in [1.29, 1.82) is 0 Å². The summed E-state index contributed by atoms with van der Waals surface area (Å²) in [5.74, 6) is -20.9. The molecule has 0 aliphatic rings. The van der Waals surface area contributed by atoms with E-state index in [1.165, 1.54) is 0 Å². The molecule has 0 atom stereocenters. The first-order chi connectivity index (χ1) is 12.1. The molecule has 22 heteroatoms. The number of carbonyl (C=O) groups is 1. The molecule has 1 amide bonds. The zero-order chi connectivity index (χ0) is 24.3. The molecule has 4 nitrogen and oxygen atoms in total. The normalized spacial score (nSPS) is 15.5. The minimum Gasteiger partial charge on any atom is -0.537 e. The van der Waals surface area contributed by atoms with Gasteiger partial charge in [0, 0.05) is 0 Å². The molecule has 0 aliphatic carbocycles. The minimum absolute atomic E-state index is 0. The Morgan fingerprint density at radius 2 is 0.867 bits per heavy atom. The van der Waals surface area contributed by atoms with Gasteiger partial charge in [-0.25, -0.2) is 12.8 Å². The van der Waals surface area contributed by atoms with Crippen LogP contribution < -0.4 is 29.6 Å². The summed E-state index contributed by atoms with van der Waals surface area (Å²) >= 11 is 0. The standard InChI is InChI=1S/C8HF16NO3S.Na/c9-2(5(14,15)16,6(17,18)19)1(26)25-29(27,28)8(23,24)4(12,13)3(10,11)7(20,21)22;/h(H,25,26);/q;+1/p-1. The molecule has 0 saturated heterocycles. The first-order valence-corrected chi connectivity index (χ1v) is 7.11. The molecular weight excluding hydrogens is 517 g/mol. The van der Waals surface area contributed by atoms with E-state index in [1.54, 1.807) is 0 Å². The Kier molecular flexibility index (Phi) is 8.41. The van der Waals surface area contributed by atoms with Crippen molar-refractivity contribution in [2.45, 2.75) is 41.3 Å². The van der Waals surface area contributed by atoms with E-state index >= 15 is 0 Å². The van der Waals surface area contributed by atoms with Crippen LogP contribution in [0.2, 0.25) is 0 Å². The second kappa shape index (κ2) is 8.01. The van der Waals surface area contributed by atoms with Crippen molar-refractivity contribution >= 4 is 15.9 Å². The van der Waals surface area contributed by atoms with Crippen LogP contribution in [-0.4, -0.2) is 55.6 Å². The third kappa shape index (κ3) is 4.57. The quantitative estimate of drug-likeness (QED) is 0.411. The number of hydrogen-bond donors (Lipinski definition) is 0. The van der Waals surface area contributed by atoms with Crippen molar-refractivity contribution in [3.63, 3.8) is 0 Å². The Balaban J connectivity index is 0. The maximum Gasteiger partial charge on any atom is 1.00 e. The number of halogens is 16. The Labute approximate surface area is 175 Å². The summed E-state index contributed by atoms with van der Waals surface area (Å²) in [6, 6.07) is 0. The van der Waals surface area contributed by atoms with E-state index in [9.17, 15) is 83.5 Å². The largest absolute Gasteiger partial charge is 1.00 e. The van der Waals surface area contributed by atoms with Crippen LogP contribution in [0.1, 0.15) is 0 Å². The average Bonchev–Trinajstić information content (AvgIpc) is 2.41. The first-order valence-electron chi connectivity index (χ1n) is 5.67. The van der Waals surface area contributed by atoms with Gasteiger partial charge in [0.25, 0.3) is 0 Å². The molecule has 0 unspecified atom stereocenters. The van der Waals surface area contributed by atoms with E-state index in [4.69, 9.17) is 0 Å². The Bertz CT molecular complexity index is 736. The van der Waals surface area contributed by atoms with Crippen molar-refractivity contribution in [2.24, 2.45) is 0 Å². The van der Waals surface area contributed by atoms with Gasteiger partial charge < -0.3 is 9.52 Å². The second-order valence-corrected chi connectivity index (χ2v) is 6.33. The molecule has 0 bridgehead atoms. The third-order valence-electron chi connectivity index (χ3n) is 2.72. The van der Waals surface area contributed by atoms with E-state index in [0.717, 1.165) is 0 Å². The summed E-state index contributed by atoms with van der Waals surface area (Å²) in [6.45, 7) is 0. The van der Waals surface area contributed by atoms with Gasteiger partial charge in [0.15, 0.2) is 10.0 Å². The van der Waals surface area contributed by atoms with Crippen LogP contribution in [0.25, 0.3) is 4.72 Å². The summed E-state index contributed by atoms with van der Waals surface area (Å²) in [6.07, 6.45) is -22.6. The van der Waals surface area contributed by atoms with Gasteiger partial charge in [-0.05, 0) is 0 Å².